The van der Waals surface area contributed by atoms with Crippen molar-refractivity contribution in [2.24, 2.45) is 0 Å². The molecule has 1 amide bonds. The monoisotopic (exact) mass is 387 g/mol. The van der Waals surface area contributed by atoms with Gasteiger partial charge in [0.2, 0.25) is 0 Å². The molecule has 0 atom stereocenters. The van der Waals surface area contributed by atoms with Crippen molar-refractivity contribution in [3.63, 3.8) is 0 Å². The van der Waals surface area contributed by atoms with E-state index in [2.05, 4.69) is 27.5 Å². The Labute approximate surface area is 167 Å². The maximum absolute atomic E-state index is 13.3. The van der Waals surface area contributed by atoms with Gasteiger partial charge >= 0.3 is 0 Å². The van der Waals surface area contributed by atoms with E-state index in [0.717, 1.165) is 6.42 Å². The maximum atomic E-state index is 13.3. The number of amides is 1. The Kier molecular flexibility index (Phi) is 5.11. The van der Waals surface area contributed by atoms with Crippen molar-refractivity contribution in [1.29, 1.82) is 0 Å². The molecule has 0 aliphatic rings. The summed E-state index contributed by atoms with van der Waals surface area (Å²) in [7, 11) is 0. The maximum Gasteiger partial charge on any atom is 0.278 e. The third kappa shape index (κ3) is 3.89. The molecular weight excluding hydrogens is 369 g/mol. The molecule has 2 aromatic carbocycles. The third-order valence-corrected chi connectivity index (χ3v) is 4.51. The lowest BCUT2D eigenvalue weighted by atomic mass is 10.1. The predicted molar refractivity (Wildman–Crippen MR) is 108 cm³/mol. The van der Waals surface area contributed by atoms with Gasteiger partial charge in [0, 0.05) is 23.6 Å². The summed E-state index contributed by atoms with van der Waals surface area (Å²) in [6.45, 7) is 2.07. The van der Waals surface area contributed by atoms with Crippen molar-refractivity contribution >= 4 is 11.6 Å². The van der Waals surface area contributed by atoms with Crippen LogP contribution in [-0.2, 0) is 6.42 Å². The van der Waals surface area contributed by atoms with Crippen LogP contribution in [0.4, 0.5) is 10.1 Å². The molecule has 0 radical (unpaired) electrons. The normalized spacial score (nSPS) is 10.7. The zero-order valence-electron chi connectivity index (χ0n) is 15.7. The molecule has 7 heteroatoms. The minimum absolute atomic E-state index is 0.155. The number of hydrogen-bond acceptors (Lipinski definition) is 4. The summed E-state index contributed by atoms with van der Waals surface area (Å²) < 4.78 is 14.8. The second-order valence-corrected chi connectivity index (χ2v) is 6.42. The van der Waals surface area contributed by atoms with Crippen LogP contribution in [0, 0.1) is 5.82 Å². The molecule has 29 heavy (non-hydrogen) atoms. The number of halogens is 1. The van der Waals surface area contributed by atoms with Gasteiger partial charge in [0.15, 0.2) is 5.69 Å². The number of pyridine rings is 1. The Morgan fingerprint density at radius 1 is 1.07 bits per heavy atom. The molecule has 6 nitrogen and oxygen atoms in total. The second-order valence-electron chi connectivity index (χ2n) is 6.42. The minimum Gasteiger partial charge on any atom is -0.321 e. The first-order valence-corrected chi connectivity index (χ1v) is 9.18. The summed E-state index contributed by atoms with van der Waals surface area (Å²) in [6.07, 6.45) is 4.20. The van der Waals surface area contributed by atoms with E-state index >= 15 is 0 Å². The van der Waals surface area contributed by atoms with E-state index < -0.39 is 0 Å². The van der Waals surface area contributed by atoms with E-state index in [1.807, 2.05) is 30.3 Å². The second kappa shape index (κ2) is 8.02. The van der Waals surface area contributed by atoms with Crippen molar-refractivity contribution in [3.8, 4) is 16.9 Å². The van der Waals surface area contributed by atoms with Gasteiger partial charge in [-0.3, -0.25) is 9.78 Å². The van der Waals surface area contributed by atoms with Crippen LogP contribution < -0.4 is 5.32 Å². The molecular formula is C22H18FN5O. The molecule has 0 spiro atoms. The largest absolute Gasteiger partial charge is 0.321 e. The Hall–Kier alpha value is -3.87. The zero-order chi connectivity index (χ0) is 20.2. The quantitative estimate of drug-likeness (QED) is 0.555. The molecule has 0 fully saturated rings. The highest BCUT2D eigenvalue weighted by molar-refractivity contribution is 6.06. The summed E-state index contributed by atoms with van der Waals surface area (Å²) in [6, 6.07) is 17.0. The molecule has 0 saturated carbocycles. The van der Waals surface area contributed by atoms with Crippen LogP contribution in [0.1, 0.15) is 23.0 Å². The Morgan fingerprint density at radius 3 is 2.48 bits per heavy atom. The number of hydrogen-bond donors (Lipinski definition) is 1. The lowest BCUT2D eigenvalue weighted by molar-refractivity contribution is 0.102. The van der Waals surface area contributed by atoms with Crippen LogP contribution in [0.3, 0.4) is 0 Å². The number of nitrogens with zero attached hydrogens (tertiary/aromatic N) is 4. The lowest BCUT2D eigenvalue weighted by Crippen LogP contribution is -2.14. The number of aryl methyl sites for hydroxylation is 1. The Bertz CT molecular complexity index is 1120. The van der Waals surface area contributed by atoms with Crippen molar-refractivity contribution in [2.45, 2.75) is 13.3 Å². The molecule has 1 N–H and O–H groups in total. The van der Waals surface area contributed by atoms with E-state index in [9.17, 15) is 9.18 Å². The van der Waals surface area contributed by atoms with Gasteiger partial charge in [0.1, 0.15) is 11.5 Å². The van der Waals surface area contributed by atoms with E-state index in [-0.39, 0.29) is 17.4 Å². The smallest absolute Gasteiger partial charge is 0.278 e. The number of benzene rings is 2. The average Bonchev–Trinajstić information content (AvgIpc) is 3.21. The average molecular weight is 387 g/mol. The third-order valence-electron chi connectivity index (χ3n) is 4.51. The molecule has 0 saturated heterocycles. The van der Waals surface area contributed by atoms with E-state index in [1.165, 1.54) is 22.4 Å². The topological polar surface area (TPSA) is 72.7 Å². The standard InChI is InChI=1S/C22H18FN5O/c1-2-15-5-9-18(10-6-15)25-22(29)20-21(16-4-3-13-24-14-16)28(27-26-20)19-11-7-17(23)8-12-19/h3-14H,2H2,1H3,(H,25,29). The minimum atomic E-state index is -0.388. The number of rotatable bonds is 5. The van der Waals surface area contributed by atoms with Crippen LogP contribution in [-0.4, -0.2) is 25.9 Å². The number of aromatic nitrogens is 4. The summed E-state index contributed by atoms with van der Waals surface area (Å²) in [5.41, 5.74) is 3.74. The lowest BCUT2D eigenvalue weighted by Gasteiger charge is -2.09. The molecule has 4 aromatic rings. The van der Waals surface area contributed by atoms with E-state index in [0.29, 0.717) is 22.6 Å². The van der Waals surface area contributed by atoms with E-state index in [4.69, 9.17) is 0 Å². The number of carbonyl (C=O) groups is 1. The van der Waals surface area contributed by atoms with Gasteiger partial charge in [0.25, 0.3) is 5.91 Å². The number of anilines is 1. The number of carbonyl (C=O) groups excluding carboxylic acids is 1. The predicted octanol–water partition coefficient (Wildman–Crippen LogP) is 4.28. The fourth-order valence-electron chi connectivity index (χ4n) is 2.97. The molecule has 0 bridgehead atoms. The van der Waals surface area contributed by atoms with Crippen molar-refractivity contribution < 1.29 is 9.18 Å². The molecule has 144 valence electrons. The SMILES string of the molecule is CCc1ccc(NC(=O)c2nnn(-c3ccc(F)cc3)c2-c2cccnc2)cc1. The molecule has 2 heterocycles. The van der Waals surface area contributed by atoms with Gasteiger partial charge in [-0.1, -0.05) is 24.3 Å². The molecule has 2 aromatic heterocycles. The highest BCUT2D eigenvalue weighted by Gasteiger charge is 2.22. The first-order chi connectivity index (χ1) is 14.2. The van der Waals surface area contributed by atoms with Gasteiger partial charge in [-0.2, -0.15) is 0 Å². The molecule has 0 unspecified atom stereocenters. The first kappa shape index (κ1) is 18.5. The zero-order valence-corrected chi connectivity index (χ0v) is 15.7. The van der Waals surface area contributed by atoms with Crippen LogP contribution in [0.2, 0.25) is 0 Å². The number of nitrogens with one attached hydrogen (secondary N) is 1. The molecule has 0 aliphatic carbocycles. The van der Waals surface area contributed by atoms with Crippen LogP contribution in [0.25, 0.3) is 16.9 Å². The van der Waals surface area contributed by atoms with Crippen LogP contribution >= 0.6 is 0 Å². The summed E-state index contributed by atoms with van der Waals surface area (Å²) in [4.78, 5) is 17.1. The first-order valence-electron chi connectivity index (χ1n) is 9.18. The van der Waals surface area contributed by atoms with E-state index in [1.54, 1.807) is 30.6 Å². The summed E-state index contributed by atoms with van der Waals surface area (Å²) in [5.74, 6) is -0.744. The van der Waals surface area contributed by atoms with Gasteiger partial charge < -0.3 is 5.32 Å². The molecule has 4 rings (SSSR count). The van der Waals surface area contributed by atoms with Crippen LogP contribution in [0.5, 0.6) is 0 Å². The fourth-order valence-corrected chi connectivity index (χ4v) is 2.97. The van der Waals surface area contributed by atoms with Gasteiger partial charge in [-0.25, -0.2) is 9.07 Å². The Morgan fingerprint density at radius 2 is 1.83 bits per heavy atom. The van der Waals surface area contributed by atoms with Crippen molar-refractivity contribution in [3.05, 3.63) is 90.1 Å². The summed E-state index contributed by atoms with van der Waals surface area (Å²) >= 11 is 0. The van der Waals surface area contributed by atoms with Gasteiger partial charge in [-0.05, 0) is 60.5 Å². The highest BCUT2D eigenvalue weighted by atomic mass is 19.1. The Balaban J connectivity index is 1.74. The van der Waals surface area contributed by atoms with Crippen molar-refractivity contribution in [1.82, 2.24) is 20.0 Å². The van der Waals surface area contributed by atoms with Crippen molar-refractivity contribution in [2.75, 3.05) is 5.32 Å². The van der Waals surface area contributed by atoms with Gasteiger partial charge in [-0.15, -0.1) is 5.10 Å². The highest BCUT2D eigenvalue weighted by Crippen LogP contribution is 2.25. The molecule has 0 aliphatic heterocycles. The summed E-state index contributed by atoms with van der Waals surface area (Å²) in [5, 5.41) is 11.1. The van der Waals surface area contributed by atoms with Gasteiger partial charge in [0.05, 0.1) is 5.69 Å². The fraction of sp³-hybridized carbons (Fsp3) is 0.0909. The van der Waals surface area contributed by atoms with Crippen LogP contribution in [0.15, 0.2) is 73.1 Å².